The van der Waals surface area contributed by atoms with E-state index in [1.54, 1.807) is 4.57 Å². The predicted molar refractivity (Wildman–Crippen MR) is 46.8 cm³/mol. The molecule has 0 aliphatic carbocycles. The zero-order valence-corrected chi connectivity index (χ0v) is 7.48. The number of hydrogen-bond acceptors (Lipinski definition) is 3. The monoisotopic (exact) mass is 182 g/mol. The number of rotatable bonds is 3. The largest absolute Gasteiger partial charge is 0.339 e. The summed E-state index contributed by atoms with van der Waals surface area (Å²) < 4.78 is 1.57. The van der Waals surface area contributed by atoms with Crippen LogP contribution < -0.4 is 0 Å². The molecular weight excluding hydrogens is 172 g/mol. The summed E-state index contributed by atoms with van der Waals surface area (Å²) in [7, 11) is 0. The van der Waals surface area contributed by atoms with Crippen molar-refractivity contribution in [3.8, 4) is 0 Å². The minimum absolute atomic E-state index is 0.0351. The third kappa shape index (κ3) is 1.74. The molecule has 70 valence electrons. The summed E-state index contributed by atoms with van der Waals surface area (Å²) in [4.78, 5) is 20.9. The minimum Gasteiger partial charge on any atom is -0.339 e. The van der Waals surface area contributed by atoms with E-state index in [1.807, 2.05) is 6.92 Å². The molecule has 0 aliphatic heterocycles. The zero-order chi connectivity index (χ0) is 10.0. The van der Waals surface area contributed by atoms with Crippen LogP contribution in [-0.4, -0.2) is 15.3 Å². The standard InChI is InChI=1S/C8H10N2O3/c1-3-9-5-7(10(12)13)4-8(9)6(2)11/h4-5H,3H2,1-2H3. The van der Waals surface area contributed by atoms with Gasteiger partial charge in [0.2, 0.25) is 0 Å². The van der Waals surface area contributed by atoms with Crippen molar-refractivity contribution in [2.75, 3.05) is 0 Å². The lowest BCUT2D eigenvalue weighted by Gasteiger charge is -1.99. The number of aryl methyl sites for hydroxylation is 1. The van der Waals surface area contributed by atoms with Gasteiger partial charge in [0.25, 0.3) is 5.69 Å². The second kappa shape index (κ2) is 3.38. The molecular formula is C8H10N2O3. The average Bonchev–Trinajstić information content (AvgIpc) is 2.47. The molecule has 0 amide bonds. The normalized spacial score (nSPS) is 10.0. The number of Topliss-reactive ketones (excluding diaryl/α,β-unsaturated/α-hetero) is 1. The van der Waals surface area contributed by atoms with Crippen LogP contribution in [0.1, 0.15) is 24.3 Å². The first-order chi connectivity index (χ1) is 6.06. The fraction of sp³-hybridized carbons (Fsp3) is 0.375. The van der Waals surface area contributed by atoms with Crippen LogP contribution in [0.4, 0.5) is 5.69 Å². The maximum atomic E-state index is 11.0. The minimum atomic E-state index is -0.501. The molecule has 0 fully saturated rings. The van der Waals surface area contributed by atoms with Gasteiger partial charge in [-0.25, -0.2) is 0 Å². The van der Waals surface area contributed by atoms with E-state index >= 15 is 0 Å². The van der Waals surface area contributed by atoms with Crippen molar-refractivity contribution in [3.63, 3.8) is 0 Å². The van der Waals surface area contributed by atoms with E-state index in [0.29, 0.717) is 12.2 Å². The Labute approximate surface area is 75.1 Å². The molecule has 0 spiro atoms. The molecule has 0 bridgehead atoms. The van der Waals surface area contributed by atoms with E-state index in [0.717, 1.165) is 0 Å². The Morgan fingerprint density at radius 1 is 1.69 bits per heavy atom. The molecule has 0 aliphatic rings. The van der Waals surface area contributed by atoms with E-state index in [-0.39, 0.29) is 11.5 Å². The number of nitro groups is 1. The predicted octanol–water partition coefficient (Wildman–Crippen LogP) is 1.62. The van der Waals surface area contributed by atoms with Gasteiger partial charge >= 0.3 is 0 Å². The van der Waals surface area contributed by atoms with Gasteiger partial charge in [0.1, 0.15) is 0 Å². The van der Waals surface area contributed by atoms with Gasteiger partial charge in [-0.1, -0.05) is 0 Å². The second-order valence-corrected chi connectivity index (χ2v) is 2.68. The van der Waals surface area contributed by atoms with Crippen molar-refractivity contribution in [1.82, 2.24) is 4.57 Å². The van der Waals surface area contributed by atoms with Gasteiger partial charge < -0.3 is 4.57 Å². The summed E-state index contributed by atoms with van der Waals surface area (Å²) in [6, 6.07) is 1.30. The van der Waals surface area contributed by atoms with Crippen LogP contribution in [0.2, 0.25) is 0 Å². The molecule has 5 heteroatoms. The molecule has 5 nitrogen and oxygen atoms in total. The van der Waals surface area contributed by atoms with E-state index in [2.05, 4.69) is 0 Å². The maximum Gasteiger partial charge on any atom is 0.287 e. The average molecular weight is 182 g/mol. The van der Waals surface area contributed by atoms with Crippen molar-refractivity contribution in [2.24, 2.45) is 0 Å². The van der Waals surface area contributed by atoms with E-state index < -0.39 is 4.92 Å². The summed E-state index contributed by atoms with van der Waals surface area (Å²) in [5.41, 5.74) is 0.348. The van der Waals surface area contributed by atoms with Gasteiger partial charge in [0.05, 0.1) is 16.8 Å². The lowest BCUT2D eigenvalue weighted by atomic mass is 10.3. The van der Waals surface area contributed by atoms with Crippen molar-refractivity contribution in [1.29, 1.82) is 0 Å². The highest BCUT2D eigenvalue weighted by atomic mass is 16.6. The highest BCUT2D eigenvalue weighted by molar-refractivity contribution is 5.93. The SMILES string of the molecule is CCn1cc([N+](=O)[O-])cc1C(C)=O. The number of carbonyl (C=O) groups excluding carboxylic acids is 1. The summed E-state index contributed by atoms with van der Waals surface area (Å²) in [6.45, 7) is 3.78. The highest BCUT2D eigenvalue weighted by Crippen LogP contribution is 2.16. The molecule has 0 atom stereocenters. The topological polar surface area (TPSA) is 65.1 Å². The van der Waals surface area contributed by atoms with Crippen molar-refractivity contribution >= 4 is 11.5 Å². The number of aromatic nitrogens is 1. The van der Waals surface area contributed by atoms with Crippen LogP contribution in [0, 0.1) is 10.1 Å². The van der Waals surface area contributed by atoms with E-state index in [4.69, 9.17) is 0 Å². The quantitative estimate of drug-likeness (QED) is 0.405. The molecule has 1 heterocycles. The van der Waals surface area contributed by atoms with Crippen molar-refractivity contribution in [3.05, 3.63) is 28.1 Å². The fourth-order valence-electron chi connectivity index (χ4n) is 1.15. The van der Waals surface area contributed by atoms with Gasteiger partial charge in [0, 0.05) is 19.5 Å². The summed E-state index contributed by atoms with van der Waals surface area (Å²) >= 11 is 0. The Kier molecular flexibility index (Phi) is 2.46. The molecule has 1 rings (SSSR count). The first kappa shape index (κ1) is 9.44. The summed E-state index contributed by atoms with van der Waals surface area (Å²) in [5.74, 6) is -0.157. The third-order valence-electron chi connectivity index (χ3n) is 1.79. The molecule has 1 aromatic heterocycles. The lowest BCUT2D eigenvalue weighted by Crippen LogP contribution is -2.02. The highest BCUT2D eigenvalue weighted by Gasteiger charge is 2.15. The van der Waals surface area contributed by atoms with Crippen molar-refractivity contribution < 1.29 is 9.72 Å². The van der Waals surface area contributed by atoms with Crippen LogP contribution in [0.15, 0.2) is 12.3 Å². The van der Waals surface area contributed by atoms with Crippen LogP contribution >= 0.6 is 0 Å². The molecule has 0 saturated carbocycles. The number of carbonyl (C=O) groups is 1. The number of ketones is 1. The molecule has 0 saturated heterocycles. The van der Waals surface area contributed by atoms with Crippen LogP contribution in [0.3, 0.4) is 0 Å². The smallest absolute Gasteiger partial charge is 0.287 e. The van der Waals surface area contributed by atoms with E-state index in [9.17, 15) is 14.9 Å². The summed E-state index contributed by atoms with van der Waals surface area (Å²) in [5, 5.41) is 10.4. The molecule has 0 N–H and O–H groups in total. The lowest BCUT2D eigenvalue weighted by molar-refractivity contribution is -0.384. The second-order valence-electron chi connectivity index (χ2n) is 2.68. The van der Waals surface area contributed by atoms with Gasteiger partial charge in [-0.05, 0) is 6.92 Å². The first-order valence-corrected chi connectivity index (χ1v) is 3.91. The first-order valence-electron chi connectivity index (χ1n) is 3.91. The maximum absolute atomic E-state index is 11.0. The fourth-order valence-corrected chi connectivity index (χ4v) is 1.15. The summed E-state index contributed by atoms with van der Waals surface area (Å²) in [6.07, 6.45) is 1.37. The molecule has 0 aromatic carbocycles. The Hall–Kier alpha value is -1.65. The van der Waals surface area contributed by atoms with E-state index in [1.165, 1.54) is 19.2 Å². The van der Waals surface area contributed by atoms with Crippen molar-refractivity contribution in [2.45, 2.75) is 20.4 Å². The Morgan fingerprint density at radius 2 is 2.31 bits per heavy atom. The Bertz CT molecular complexity index is 354. The Balaban J connectivity index is 3.19. The van der Waals surface area contributed by atoms with Gasteiger partial charge in [0.15, 0.2) is 5.78 Å². The molecule has 0 unspecified atom stereocenters. The van der Waals surface area contributed by atoms with Gasteiger partial charge in [-0.2, -0.15) is 0 Å². The number of nitrogens with zero attached hydrogens (tertiary/aromatic N) is 2. The molecule has 0 radical (unpaired) electrons. The molecule has 13 heavy (non-hydrogen) atoms. The van der Waals surface area contributed by atoms with Crippen LogP contribution in [0.5, 0.6) is 0 Å². The third-order valence-corrected chi connectivity index (χ3v) is 1.79. The molecule has 1 aromatic rings. The van der Waals surface area contributed by atoms with Crippen LogP contribution in [-0.2, 0) is 6.54 Å². The van der Waals surface area contributed by atoms with Crippen LogP contribution in [0.25, 0.3) is 0 Å². The van der Waals surface area contributed by atoms with Gasteiger partial charge in [-0.15, -0.1) is 0 Å². The number of hydrogen-bond donors (Lipinski definition) is 0. The van der Waals surface area contributed by atoms with Gasteiger partial charge in [-0.3, -0.25) is 14.9 Å². The Morgan fingerprint density at radius 3 is 2.62 bits per heavy atom. The zero-order valence-electron chi connectivity index (χ0n) is 7.48.